The van der Waals surface area contributed by atoms with E-state index in [0.29, 0.717) is 25.7 Å². The van der Waals surface area contributed by atoms with Gasteiger partial charge in [-0.05, 0) is 25.7 Å². The fourth-order valence-electron chi connectivity index (χ4n) is 10.6. The van der Waals surface area contributed by atoms with E-state index >= 15 is 0 Å². The van der Waals surface area contributed by atoms with Crippen molar-refractivity contribution in [3.05, 3.63) is 0 Å². The minimum Gasteiger partial charge on any atom is -0.481 e. The summed E-state index contributed by atoms with van der Waals surface area (Å²) in [4.78, 5) is 41.3. The van der Waals surface area contributed by atoms with Gasteiger partial charge in [0.05, 0.1) is 0 Å². The fraction of sp³-hybridized carbons (Fsp3) is 0.947. The van der Waals surface area contributed by atoms with Crippen molar-refractivity contribution in [3.63, 3.8) is 0 Å². The van der Waals surface area contributed by atoms with Gasteiger partial charge in [-0.2, -0.15) is 0 Å². The molecule has 0 saturated heterocycles. The Morgan fingerprint density at radius 3 is 0.301 bits per heavy atom. The highest BCUT2D eigenvalue weighted by Gasteiger charge is 2.02. The van der Waals surface area contributed by atoms with Gasteiger partial charge in [0.1, 0.15) is 0 Å². The Bertz CT molecular complexity index is 999. The average Bonchev–Trinajstić information content (AvgIpc) is 3.45. The van der Waals surface area contributed by atoms with Gasteiger partial charge in [-0.1, -0.05) is 408 Å². The van der Waals surface area contributed by atoms with E-state index in [1.807, 2.05) is 0 Å². The van der Waals surface area contributed by atoms with Crippen LogP contribution in [0.3, 0.4) is 0 Å². The van der Waals surface area contributed by atoms with Crippen LogP contribution in [0.1, 0.15) is 459 Å². The molecule has 0 spiro atoms. The van der Waals surface area contributed by atoms with Crippen LogP contribution in [0.2, 0.25) is 0 Å². The molecule has 8 nitrogen and oxygen atoms in total. The van der Waals surface area contributed by atoms with Gasteiger partial charge in [-0.25, -0.2) is 0 Å². The molecule has 0 bridgehead atoms. The van der Waals surface area contributed by atoms with Gasteiger partial charge >= 0.3 is 23.9 Å². The van der Waals surface area contributed by atoms with Crippen LogP contribution < -0.4 is 0 Å². The molecule has 0 rings (SSSR count). The van der Waals surface area contributed by atoms with Gasteiger partial charge in [0.2, 0.25) is 0 Å². The Morgan fingerprint density at radius 1 is 0.157 bits per heavy atom. The predicted octanol–water partition coefficient (Wildman–Crippen LogP) is 26.7. The minimum atomic E-state index is -0.653. The molecule has 0 aliphatic carbocycles. The molecule has 0 aromatic carbocycles. The number of rotatable bonds is 64. The first kappa shape index (κ1) is 89.6. The molecule has 0 aliphatic rings. The molecule has 83 heavy (non-hydrogen) atoms. The molecule has 0 aromatic heterocycles. The van der Waals surface area contributed by atoms with Crippen LogP contribution in [-0.4, -0.2) is 44.3 Å². The molecule has 0 fully saturated rings. The van der Waals surface area contributed by atoms with Crippen molar-refractivity contribution >= 4 is 23.9 Å². The number of aliphatic carboxylic acids is 4. The van der Waals surface area contributed by atoms with E-state index in [4.69, 9.17) is 20.4 Å². The minimum absolute atomic E-state index is 0.345. The standard InChI is InChI=1S/4C18H36O2.C3H8/c4*1-2-3-4-5-6-7-8-9-10-11-12-13-14-15-16-17-18(19)20;1-3-2/h4*2-17H2,1H3,(H,19,20);3H2,1-2H3. The molecule has 0 atom stereocenters. The lowest BCUT2D eigenvalue weighted by molar-refractivity contribution is -0.138. The Labute approximate surface area is 520 Å². The largest absolute Gasteiger partial charge is 0.481 e. The van der Waals surface area contributed by atoms with Crippen molar-refractivity contribution < 1.29 is 39.6 Å². The number of hydrogen-bond donors (Lipinski definition) is 4. The predicted molar refractivity (Wildman–Crippen MR) is 365 cm³/mol. The maximum absolute atomic E-state index is 10.3. The van der Waals surface area contributed by atoms with Crippen LogP contribution in [0.25, 0.3) is 0 Å². The molecule has 0 aromatic rings. The van der Waals surface area contributed by atoms with Crippen LogP contribution in [-0.2, 0) is 19.2 Å². The molecule has 0 aliphatic heterocycles. The van der Waals surface area contributed by atoms with E-state index in [1.54, 1.807) is 0 Å². The molecule has 0 amide bonds. The third kappa shape index (κ3) is 112. The van der Waals surface area contributed by atoms with Crippen molar-refractivity contribution in [2.24, 2.45) is 0 Å². The van der Waals surface area contributed by atoms with Gasteiger partial charge in [-0.15, -0.1) is 0 Å². The molecule has 4 N–H and O–H groups in total. The van der Waals surface area contributed by atoms with Gasteiger partial charge in [0.15, 0.2) is 0 Å². The second kappa shape index (κ2) is 88.6. The van der Waals surface area contributed by atoms with Crippen molar-refractivity contribution in [2.45, 2.75) is 459 Å². The number of unbranched alkanes of at least 4 members (excludes halogenated alkanes) is 56. The summed E-state index contributed by atoms with van der Waals surface area (Å²) in [7, 11) is 0. The molecular formula is C75H152O8. The second-order valence-electron chi connectivity index (χ2n) is 25.1. The number of carboxylic acids is 4. The first-order chi connectivity index (χ1) is 40.5. The van der Waals surface area contributed by atoms with E-state index in [9.17, 15) is 19.2 Å². The van der Waals surface area contributed by atoms with E-state index in [0.717, 1.165) is 51.4 Å². The number of hydrogen-bond acceptors (Lipinski definition) is 4. The summed E-state index contributed by atoms with van der Waals surface area (Å²) in [6, 6.07) is 0. The monoisotopic (exact) mass is 1180 g/mol. The first-order valence-electron chi connectivity index (χ1n) is 37.4. The number of carbonyl (C=O) groups is 4. The van der Waals surface area contributed by atoms with Crippen LogP contribution in [0.5, 0.6) is 0 Å². The van der Waals surface area contributed by atoms with Crippen LogP contribution in [0.4, 0.5) is 0 Å². The zero-order chi connectivity index (χ0) is 62.3. The van der Waals surface area contributed by atoms with Gasteiger partial charge in [0.25, 0.3) is 0 Å². The maximum Gasteiger partial charge on any atom is 0.303 e. The lowest BCUT2D eigenvalue weighted by Crippen LogP contribution is -1.93. The molecular weight excluding hydrogens is 1030 g/mol. The second-order valence-corrected chi connectivity index (χ2v) is 25.1. The molecule has 8 heteroatoms. The molecule has 0 saturated carbocycles. The maximum atomic E-state index is 10.3. The highest BCUT2D eigenvalue weighted by Crippen LogP contribution is 2.18. The van der Waals surface area contributed by atoms with Crippen LogP contribution in [0.15, 0.2) is 0 Å². The van der Waals surface area contributed by atoms with E-state index in [-0.39, 0.29) is 0 Å². The fourth-order valence-corrected chi connectivity index (χ4v) is 10.6. The third-order valence-electron chi connectivity index (χ3n) is 16.0. The molecule has 0 unspecified atom stereocenters. The summed E-state index contributed by atoms with van der Waals surface area (Å²) >= 11 is 0. The summed E-state index contributed by atoms with van der Waals surface area (Å²) < 4.78 is 0. The molecule has 0 radical (unpaired) electrons. The Kier molecular flexibility index (Phi) is 95.7. The zero-order valence-corrected chi connectivity index (χ0v) is 57.4. The topological polar surface area (TPSA) is 149 Å². The normalized spacial score (nSPS) is 10.7. The van der Waals surface area contributed by atoms with Crippen LogP contribution >= 0.6 is 0 Å². The SMILES string of the molecule is CCC.CCCCCCCCCCCCCCCCCC(=O)O.CCCCCCCCCCCCCCCCCC(=O)O.CCCCCCCCCCCCCCCCCC(=O)O.CCCCCCCCCCCCCCCCCC(=O)O. The highest BCUT2D eigenvalue weighted by molar-refractivity contribution is 5.67. The van der Waals surface area contributed by atoms with Crippen molar-refractivity contribution in [1.82, 2.24) is 0 Å². The summed E-state index contributed by atoms with van der Waals surface area (Å²) in [5.41, 5.74) is 0. The lowest BCUT2D eigenvalue weighted by Gasteiger charge is -2.03. The van der Waals surface area contributed by atoms with E-state index < -0.39 is 23.9 Å². The highest BCUT2D eigenvalue weighted by atomic mass is 16.4. The molecule has 500 valence electrons. The summed E-state index contributed by atoms with van der Waals surface area (Å²) in [5, 5.41) is 34.1. The smallest absolute Gasteiger partial charge is 0.303 e. The average molecular weight is 1180 g/mol. The van der Waals surface area contributed by atoms with Crippen molar-refractivity contribution in [2.75, 3.05) is 0 Å². The first-order valence-corrected chi connectivity index (χ1v) is 37.4. The quantitative estimate of drug-likeness (QED) is 0.0440. The van der Waals surface area contributed by atoms with Gasteiger partial charge in [-0.3, -0.25) is 19.2 Å². The van der Waals surface area contributed by atoms with Crippen molar-refractivity contribution in [3.8, 4) is 0 Å². The molecule has 0 heterocycles. The summed E-state index contributed by atoms with van der Waals surface area (Å²) in [6.45, 7) is 13.3. The number of carboxylic acid groups (broad SMARTS) is 4. The Balaban J connectivity index is -0.000000320. The summed E-state index contributed by atoms with van der Waals surface area (Å²) in [5.74, 6) is -2.61. The van der Waals surface area contributed by atoms with E-state index in [2.05, 4.69) is 41.5 Å². The lowest BCUT2D eigenvalue weighted by atomic mass is 10.0. The van der Waals surface area contributed by atoms with E-state index in [1.165, 1.54) is 340 Å². The third-order valence-corrected chi connectivity index (χ3v) is 16.0. The van der Waals surface area contributed by atoms with Crippen LogP contribution in [0, 0.1) is 0 Å². The summed E-state index contributed by atoms with van der Waals surface area (Å²) in [6.07, 6.45) is 82.0. The Morgan fingerprint density at radius 2 is 0.229 bits per heavy atom. The van der Waals surface area contributed by atoms with Gasteiger partial charge < -0.3 is 20.4 Å². The zero-order valence-electron chi connectivity index (χ0n) is 57.4. The van der Waals surface area contributed by atoms with Crippen molar-refractivity contribution in [1.29, 1.82) is 0 Å². The van der Waals surface area contributed by atoms with Gasteiger partial charge in [0, 0.05) is 25.7 Å². The Hall–Kier alpha value is -2.12.